The Bertz CT molecular complexity index is 582. The molecule has 2 nitrogen and oxygen atoms in total. The van der Waals surface area contributed by atoms with E-state index < -0.39 is 6.10 Å². The van der Waals surface area contributed by atoms with Crippen molar-refractivity contribution >= 4 is 0 Å². The average molecular weight is 287 g/mol. The quantitative estimate of drug-likeness (QED) is 0.906. The van der Waals surface area contributed by atoms with E-state index in [4.69, 9.17) is 0 Å². The fourth-order valence-corrected chi connectivity index (χ4v) is 2.32. The van der Waals surface area contributed by atoms with E-state index in [1.54, 1.807) is 12.1 Å². The molecule has 0 aliphatic carbocycles. The zero-order valence-corrected chi connectivity index (χ0v) is 12.8. The predicted octanol–water partition coefficient (Wildman–Crippen LogP) is 3.69. The van der Waals surface area contributed by atoms with Crippen LogP contribution in [-0.4, -0.2) is 23.1 Å². The fourth-order valence-electron chi connectivity index (χ4n) is 2.32. The van der Waals surface area contributed by atoms with Crippen molar-refractivity contribution in [3.05, 3.63) is 71.0 Å². The van der Waals surface area contributed by atoms with Gasteiger partial charge in [-0.2, -0.15) is 0 Å². The largest absolute Gasteiger partial charge is 0.387 e. The minimum absolute atomic E-state index is 0.104. The lowest BCUT2D eigenvalue weighted by Gasteiger charge is -2.29. The molecular weight excluding hydrogens is 265 g/mol. The molecule has 1 N–H and O–H groups in total. The van der Waals surface area contributed by atoms with Crippen LogP contribution in [0.25, 0.3) is 0 Å². The Kier molecular flexibility index (Phi) is 5.10. The highest BCUT2D eigenvalue weighted by atomic mass is 19.1. The second-order valence-electron chi connectivity index (χ2n) is 5.60. The monoisotopic (exact) mass is 287 g/mol. The van der Waals surface area contributed by atoms with Gasteiger partial charge in [0.2, 0.25) is 0 Å². The first-order chi connectivity index (χ1) is 9.99. The van der Waals surface area contributed by atoms with Crippen molar-refractivity contribution in [2.24, 2.45) is 0 Å². The Morgan fingerprint density at radius 3 is 2.33 bits per heavy atom. The molecule has 0 spiro atoms. The van der Waals surface area contributed by atoms with Gasteiger partial charge in [-0.05, 0) is 32.5 Å². The molecule has 0 saturated heterocycles. The van der Waals surface area contributed by atoms with E-state index in [0.717, 1.165) is 5.56 Å². The molecule has 0 aliphatic heterocycles. The Labute approximate surface area is 125 Å². The summed E-state index contributed by atoms with van der Waals surface area (Å²) in [7, 11) is 1.90. The van der Waals surface area contributed by atoms with Crippen molar-refractivity contribution in [2.75, 3.05) is 7.05 Å². The van der Waals surface area contributed by atoms with Crippen LogP contribution in [0.3, 0.4) is 0 Å². The first-order valence-electron chi connectivity index (χ1n) is 7.17. The fraction of sp³-hybridized carbons (Fsp3) is 0.333. The van der Waals surface area contributed by atoms with Crippen LogP contribution >= 0.6 is 0 Å². The number of aliphatic hydroxyl groups excluding tert-OH is 1. The van der Waals surface area contributed by atoms with Crippen LogP contribution in [0.2, 0.25) is 0 Å². The van der Waals surface area contributed by atoms with Crippen LogP contribution in [0.5, 0.6) is 0 Å². The molecule has 2 aromatic rings. The van der Waals surface area contributed by atoms with Crippen molar-refractivity contribution in [3.63, 3.8) is 0 Å². The molecule has 112 valence electrons. The van der Waals surface area contributed by atoms with Gasteiger partial charge in [-0.3, -0.25) is 4.90 Å². The molecule has 2 aromatic carbocycles. The van der Waals surface area contributed by atoms with Gasteiger partial charge in [-0.25, -0.2) is 4.39 Å². The van der Waals surface area contributed by atoms with Crippen molar-refractivity contribution in [3.8, 4) is 0 Å². The third kappa shape index (κ3) is 3.90. The number of nitrogens with zero attached hydrogens (tertiary/aromatic N) is 1. The van der Waals surface area contributed by atoms with Crippen LogP contribution in [0.15, 0.2) is 48.5 Å². The SMILES string of the molecule is Cc1ccc(C(O)C(C)N(C)Cc2ccccc2F)cc1. The summed E-state index contributed by atoms with van der Waals surface area (Å²) in [5.74, 6) is -0.207. The zero-order chi connectivity index (χ0) is 15.4. The van der Waals surface area contributed by atoms with E-state index >= 15 is 0 Å². The summed E-state index contributed by atoms with van der Waals surface area (Å²) in [6.07, 6.45) is -0.595. The maximum Gasteiger partial charge on any atom is 0.127 e. The molecule has 0 amide bonds. The van der Waals surface area contributed by atoms with E-state index in [1.807, 2.05) is 56.1 Å². The summed E-state index contributed by atoms with van der Waals surface area (Å²) in [6, 6.07) is 14.5. The number of halogens is 1. The molecule has 21 heavy (non-hydrogen) atoms. The summed E-state index contributed by atoms with van der Waals surface area (Å²) in [5.41, 5.74) is 2.69. The Morgan fingerprint density at radius 1 is 1.10 bits per heavy atom. The molecule has 0 radical (unpaired) electrons. The van der Waals surface area contributed by atoms with Gasteiger partial charge in [0.1, 0.15) is 5.82 Å². The standard InChI is InChI=1S/C18H22FNO/c1-13-8-10-15(11-9-13)18(21)14(2)20(3)12-16-6-4-5-7-17(16)19/h4-11,14,18,21H,12H2,1-3H3. The van der Waals surface area contributed by atoms with Crippen molar-refractivity contribution in [2.45, 2.75) is 32.5 Å². The number of likely N-dealkylation sites (N-methyl/N-ethyl adjacent to an activating group) is 1. The van der Waals surface area contributed by atoms with Crippen LogP contribution in [-0.2, 0) is 6.54 Å². The summed E-state index contributed by atoms with van der Waals surface area (Å²) >= 11 is 0. The minimum atomic E-state index is -0.595. The topological polar surface area (TPSA) is 23.5 Å². The highest BCUT2D eigenvalue weighted by Gasteiger charge is 2.21. The lowest BCUT2D eigenvalue weighted by molar-refractivity contribution is 0.0683. The first kappa shape index (κ1) is 15.7. The highest BCUT2D eigenvalue weighted by Crippen LogP contribution is 2.22. The number of benzene rings is 2. The Morgan fingerprint density at radius 2 is 1.71 bits per heavy atom. The zero-order valence-electron chi connectivity index (χ0n) is 12.8. The van der Waals surface area contributed by atoms with Crippen molar-refractivity contribution in [1.29, 1.82) is 0 Å². The molecule has 0 bridgehead atoms. The first-order valence-corrected chi connectivity index (χ1v) is 7.17. The molecule has 2 rings (SSSR count). The molecule has 2 unspecified atom stereocenters. The normalized spacial score (nSPS) is 14.2. The molecule has 3 heteroatoms. The third-order valence-corrected chi connectivity index (χ3v) is 3.95. The van der Waals surface area contributed by atoms with Crippen LogP contribution in [0, 0.1) is 12.7 Å². The highest BCUT2D eigenvalue weighted by molar-refractivity contribution is 5.24. The molecule has 0 saturated carbocycles. The van der Waals surface area contributed by atoms with E-state index in [1.165, 1.54) is 11.6 Å². The minimum Gasteiger partial charge on any atom is -0.387 e. The van der Waals surface area contributed by atoms with Gasteiger partial charge in [0.15, 0.2) is 0 Å². The van der Waals surface area contributed by atoms with Crippen molar-refractivity contribution < 1.29 is 9.50 Å². The van der Waals surface area contributed by atoms with E-state index in [9.17, 15) is 9.50 Å². The average Bonchev–Trinajstić information content (AvgIpc) is 2.49. The summed E-state index contributed by atoms with van der Waals surface area (Å²) in [5, 5.41) is 10.5. The number of aliphatic hydroxyl groups is 1. The molecule has 2 atom stereocenters. The number of hydrogen-bond acceptors (Lipinski definition) is 2. The maximum atomic E-state index is 13.7. The Balaban J connectivity index is 2.06. The van der Waals surface area contributed by atoms with Gasteiger partial charge in [0.05, 0.1) is 6.10 Å². The number of aryl methyl sites for hydroxylation is 1. The lowest BCUT2D eigenvalue weighted by Crippen LogP contribution is -2.34. The smallest absolute Gasteiger partial charge is 0.127 e. The van der Waals surface area contributed by atoms with Gasteiger partial charge >= 0.3 is 0 Å². The lowest BCUT2D eigenvalue weighted by atomic mass is 10.0. The number of rotatable bonds is 5. The van der Waals surface area contributed by atoms with Gasteiger partial charge < -0.3 is 5.11 Å². The summed E-state index contributed by atoms with van der Waals surface area (Å²) < 4.78 is 13.7. The number of hydrogen-bond donors (Lipinski definition) is 1. The maximum absolute atomic E-state index is 13.7. The van der Waals surface area contributed by atoms with Gasteiger partial charge in [-0.1, -0.05) is 48.0 Å². The van der Waals surface area contributed by atoms with E-state index in [2.05, 4.69) is 0 Å². The van der Waals surface area contributed by atoms with E-state index in [0.29, 0.717) is 12.1 Å². The van der Waals surface area contributed by atoms with Gasteiger partial charge in [0.25, 0.3) is 0 Å². The summed E-state index contributed by atoms with van der Waals surface area (Å²) in [6.45, 7) is 4.44. The second kappa shape index (κ2) is 6.83. The molecule has 0 aromatic heterocycles. The predicted molar refractivity (Wildman–Crippen MR) is 83.5 cm³/mol. The molecule has 0 heterocycles. The molecule has 0 aliphatic rings. The van der Waals surface area contributed by atoms with Gasteiger partial charge in [-0.15, -0.1) is 0 Å². The molecular formula is C18H22FNO. The summed E-state index contributed by atoms with van der Waals surface area (Å²) in [4.78, 5) is 1.96. The second-order valence-corrected chi connectivity index (χ2v) is 5.60. The third-order valence-electron chi connectivity index (χ3n) is 3.95. The van der Waals surface area contributed by atoms with Crippen LogP contribution < -0.4 is 0 Å². The van der Waals surface area contributed by atoms with Crippen molar-refractivity contribution in [1.82, 2.24) is 4.90 Å². The van der Waals surface area contributed by atoms with Gasteiger partial charge in [0, 0.05) is 18.2 Å². The van der Waals surface area contributed by atoms with E-state index in [-0.39, 0.29) is 11.9 Å². The van der Waals surface area contributed by atoms with Crippen LogP contribution in [0.4, 0.5) is 4.39 Å². The van der Waals surface area contributed by atoms with Crippen LogP contribution in [0.1, 0.15) is 29.7 Å². The Hall–Kier alpha value is -1.71. The molecule has 0 fully saturated rings.